The topological polar surface area (TPSA) is 46.5 Å². The van der Waals surface area contributed by atoms with Gasteiger partial charge in [-0.2, -0.15) is 0 Å². The third-order valence-corrected chi connectivity index (χ3v) is 3.73. The maximum Gasteiger partial charge on any atom is 0.315 e. The molecule has 0 saturated heterocycles. The van der Waals surface area contributed by atoms with Gasteiger partial charge >= 0.3 is 5.97 Å². The first-order valence-corrected chi connectivity index (χ1v) is 6.58. The van der Waals surface area contributed by atoms with E-state index >= 15 is 0 Å². The van der Waals surface area contributed by atoms with Crippen LogP contribution in [-0.2, 0) is 4.79 Å². The highest BCUT2D eigenvalue weighted by Crippen LogP contribution is 2.27. The van der Waals surface area contributed by atoms with Crippen LogP contribution in [-0.4, -0.2) is 17.7 Å². The van der Waals surface area contributed by atoms with Crippen molar-refractivity contribution in [1.82, 2.24) is 0 Å². The smallest absolute Gasteiger partial charge is 0.315 e. The van der Waals surface area contributed by atoms with E-state index in [4.69, 9.17) is 16.3 Å². The molecule has 0 amide bonds. The van der Waals surface area contributed by atoms with Gasteiger partial charge in [0.15, 0.2) is 0 Å². The second kappa shape index (κ2) is 5.89. The average molecular weight is 283 g/mol. The van der Waals surface area contributed by atoms with Crippen LogP contribution in [0.4, 0.5) is 0 Å². The van der Waals surface area contributed by atoms with Crippen LogP contribution >= 0.6 is 22.9 Å². The molecule has 1 atom stereocenters. The van der Waals surface area contributed by atoms with Crippen LogP contribution in [0.2, 0.25) is 5.02 Å². The predicted molar refractivity (Wildman–Crippen MR) is 71.6 cm³/mol. The molecule has 18 heavy (non-hydrogen) atoms. The Labute approximate surface area is 114 Å². The SMILES string of the molecule is O=C(O)C(COc1ccccc1Cl)c1cccs1. The highest BCUT2D eigenvalue weighted by atomic mass is 35.5. The zero-order chi connectivity index (χ0) is 13.0. The minimum absolute atomic E-state index is 0.0690. The van der Waals surface area contributed by atoms with E-state index in [2.05, 4.69) is 0 Å². The Morgan fingerprint density at radius 2 is 2.11 bits per heavy atom. The molecule has 0 fully saturated rings. The normalized spacial score (nSPS) is 12.1. The summed E-state index contributed by atoms with van der Waals surface area (Å²) in [6.07, 6.45) is 0. The van der Waals surface area contributed by atoms with E-state index in [1.807, 2.05) is 11.4 Å². The summed E-state index contributed by atoms with van der Waals surface area (Å²) in [5.41, 5.74) is 0. The second-order valence-electron chi connectivity index (χ2n) is 3.65. The Morgan fingerprint density at radius 1 is 1.33 bits per heavy atom. The molecular weight excluding hydrogens is 272 g/mol. The number of carboxylic acid groups (broad SMARTS) is 1. The number of carboxylic acids is 1. The Balaban J connectivity index is 2.08. The Hall–Kier alpha value is -1.52. The van der Waals surface area contributed by atoms with Crippen molar-refractivity contribution in [2.75, 3.05) is 6.61 Å². The molecule has 0 radical (unpaired) electrons. The number of rotatable bonds is 5. The molecule has 0 aliphatic heterocycles. The molecule has 0 saturated carbocycles. The van der Waals surface area contributed by atoms with Gasteiger partial charge in [0.1, 0.15) is 18.3 Å². The lowest BCUT2D eigenvalue weighted by atomic mass is 10.1. The van der Waals surface area contributed by atoms with Gasteiger partial charge in [-0.15, -0.1) is 11.3 Å². The number of ether oxygens (including phenoxy) is 1. The van der Waals surface area contributed by atoms with E-state index in [-0.39, 0.29) is 6.61 Å². The zero-order valence-corrected chi connectivity index (χ0v) is 10.9. The van der Waals surface area contributed by atoms with E-state index in [1.54, 1.807) is 30.3 Å². The molecule has 1 unspecified atom stereocenters. The molecule has 1 aromatic heterocycles. The van der Waals surface area contributed by atoms with Crippen LogP contribution in [0.15, 0.2) is 41.8 Å². The van der Waals surface area contributed by atoms with Gasteiger partial charge in [-0.05, 0) is 23.6 Å². The van der Waals surface area contributed by atoms with Crippen molar-refractivity contribution in [3.05, 3.63) is 51.7 Å². The summed E-state index contributed by atoms with van der Waals surface area (Å²) in [5, 5.41) is 11.5. The van der Waals surface area contributed by atoms with Gasteiger partial charge in [-0.3, -0.25) is 4.79 Å². The van der Waals surface area contributed by atoms with Crippen molar-refractivity contribution in [3.63, 3.8) is 0 Å². The summed E-state index contributed by atoms with van der Waals surface area (Å²) in [6, 6.07) is 10.6. The zero-order valence-electron chi connectivity index (χ0n) is 9.38. The summed E-state index contributed by atoms with van der Waals surface area (Å²) in [4.78, 5) is 12.0. The molecule has 0 spiro atoms. The highest BCUT2D eigenvalue weighted by Gasteiger charge is 2.22. The Bertz CT molecular complexity index is 525. The minimum atomic E-state index is -0.899. The first-order valence-electron chi connectivity index (χ1n) is 5.32. The first kappa shape index (κ1) is 12.9. The number of halogens is 1. The number of benzene rings is 1. The highest BCUT2D eigenvalue weighted by molar-refractivity contribution is 7.10. The number of para-hydroxylation sites is 1. The Kier molecular flexibility index (Phi) is 4.23. The largest absolute Gasteiger partial charge is 0.491 e. The molecule has 2 rings (SSSR count). The molecule has 2 aromatic rings. The number of aliphatic carboxylic acids is 1. The average Bonchev–Trinajstić information content (AvgIpc) is 2.85. The van der Waals surface area contributed by atoms with Gasteiger partial charge in [0.05, 0.1) is 5.02 Å². The van der Waals surface area contributed by atoms with E-state index in [1.165, 1.54) is 11.3 Å². The first-order chi connectivity index (χ1) is 8.68. The number of hydrogen-bond donors (Lipinski definition) is 1. The van der Waals surface area contributed by atoms with E-state index < -0.39 is 11.9 Å². The van der Waals surface area contributed by atoms with Gasteiger partial charge in [0.25, 0.3) is 0 Å². The van der Waals surface area contributed by atoms with Crippen LogP contribution in [0.1, 0.15) is 10.8 Å². The molecule has 5 heteroatoms. The van der Waals surface area contributed by atoms with Crippen molar-refractivity contribution < 1.29 is 14.6 Å². The molecule has 3 nitrogen and oxygen atoms in total. The van der Waals surface area contributed by atoms with Crippen LogP contribution < -0.4 is 4.74 Å². The standard InChI is InChI=1S/C13H11ClO3S/c14-10-4-1-2-5-11(10)17-8-9(13(15)16)12-6-3-7-18-12/h1-7,9H,8H2,(H,15,16). The fourth-order valence-electron chi connectivity index (χ4n) is 1.50. The van der Waals surface area contributed by atoms with Gasteiger partial charge in [-0.1, -0.05) is 29.8 Å². The maximum atomic E-state index is 11.2. The molecule has 1 N–H and O–H groups in total. The molecule has 0 aliphatic rings. The van der Waals surface area contributed by atoms with Gasteiger partial charge in [-0.25, -0.2) is 0 Å². The fourth-order valence-corrected chi connectivity index (χ4v) is 2.49. The van der Waals surface area contributed by atoms with Gasteiger partial charge < -0.3 is 9.84 Å². The van der Waals surface area contributed by atoms with Gasteiger partial charge in [0, 0.05) is 4.88 Å². The summed E-state index contributed by atoms with van der Waals surface area (Å²) in [6.45, 7) is 0.0690. The summed E-state index contributed by atoms with van der Waals surface area (Å²) < 4.78 is 5.48. The second-order valence-corrected chi connectivity index (χ2v) is 5.03. The summed E-state index contributed by atoms with van der Waals surface area (Å²) >= 11 is 7.35. The van der Waals surface area contributed by atoms with Crippen molar-refractivity contribution in [1.29, 1.82) is 0 Å². The summed E-state index contributed by atoms with van der Waals surface area (Å²) in [7, 11) is 0. The summed E-state index contributed by atoms with van der Waals surface area (Å²) in [5.74, 6) is -1.06. The molecule has 94 valence electrons. The molecule has 0 bridgehead atoms. The molecule has 0 aliphatic carbocycles. The maximum absolute atomic E-state index is 11.2. The molecule has 1 heterocycles. The van der Waals surface area contributed by atoms with Crippen LogP contribution in [0.5, 0.6) is 5.75 Å². The number of carbonyl (C=O) groups is 1. The predicted octanol–water partition coefficient (Wildman–Crippen LogP) is 3.65. The quantitative estimate of drug-likeness (QED) is 0.910. The molecular formula is C13H11ClO3S. The van der Waals surface area contributed by atoms with Crippen molar-refractivity contribution in [2.24, 2.45) is 0 Å². The number of thiophene rings is 1. The van der Waals surface area contributed by atoms with Crippen molar-refractivity contribution >= 4 is 28.9 Å². The minimum Gasteiger partial charge on any atom is -0.491 e. The van der Waals surface area contributed by atoms with Crippen LogP contribution in [0.25, 0.3) is 0 Å². The van der Waals surface area contributed by atoms with Crippen molar-refractivity contribution in [2.45, 2.75) is 5.92 Å². The van der Waals surface area contributed by atoms with Gasteiger partial charge in [0.2, 0.25) is 0 Å². The van der Waals surface area contributed by atoms with Crippen molar-refractivity contribution in [3.8, 4) is 5.75 Å². The van der Waals surface area contributed by atoms with E-state index in [9.17, 15) is 9.90 Å². The fraction of sp³-hybridized carbons (Fsp3) is 0.154. The van der Waals surface area contributed by atoms with E-state index in [0.717, 1.165) is 4.88 Å². The third kappa shape index (κ3) is 3.03. The Morgan fingerprint density at radius 3 is 2.72 bits per heavy atom. The number of hydrogen-bond acceptors (Lipinski definition) is 3. The lowest BCUT2D eigenvalue weighted by molar-refractivity contribution is -0.139. The monoisotopic (exact) mass is 282 g/mol. The third-order valence-electron chi connectivity index (χ3n) is 2.43. The lowest BCUT2D eigenvalue weighted by Gasteiger charge is -2.13. The van der Waals surface area contributed by atoms with Crippen LogP contribution in [0.3, 0.4) is 0 Å². The van der Waals surface area contributed by atoms with Crippen LogP contribution in [0, 0.1) is 0 Å². The van der Waals surface area contributed by atoms with E-state index in [0.29, 0.717) is 10.8 Å². The lowest BCUT2D eigenvalue weighted by Crippen LogP contribution is -2.18. The molecule has 1 aromatic carbocycles.